The number of halogens is 1. The van der Waals surface area contributed by atoms with Crippen molar-refractivity contribution in [3.05, 3.63) is 41.9 Å². The Bertz CT molecular complexity index is 779. The van der Waals surface area contributed by atoms with Crippen LogP contribution in [0.3, 0.4) is 0 Å². The minimum atomic E-state index is -2.50. The van der Waals surface area contributed by atoms with Crippen LogP contribution in [0.15, 0.2) is 36.9 Å². The summed E-state index contributed by atoms with van der Waals surface area (Å²) in [4.78, 5) is 28.4. The molecule has 2 rings (SSSR count). The molecule has 1 heterocycles. The van der Waals surface area contributed by atoms with E-state index in [9.17, 15) is 14.7 Å². The van der Waals surface area contributed by atoms with Crippen molar-refractivity contribution in [1.82, 2.24) is 20.1 Å². The average Bonchev–Trinajstić information content (AvgIpc) is 3.17. The maximum Gasteiger partial charge on any atom is 0.407 e. The summed E-state index contributed by atoms with van der Waals surface area (Å²) in [6.07, 6.45) is 1.64. The second-order valence-electron chi connectivity index (χ2n) is 6.32. The maximum absolute atomic E-state index is 13.1. The van der Waals surface area contributed by atoms with Gasteiger partial charge in [-0.2, -0.15) is 9.78 Å². The Kier molecular flexibility index (Phi) is 6.40. The molecule has 0 spiro atoms. The van der Waals surface area contributed by atoms with Crippen LogP contribution >= 0.6 is 11.6 Å². The second kappa shape index (κ2) is 8.36. The molecule has 0 aliphatic carbocycles. The topological polar surface area (TPSA) is 116 Å². The van der Waals surface area contributed by atoms with Gasteiger partial charge in [0.15, 0.2) is 0 Å². The lowest BCUT2D eigenvalue weighted by molar-refractivity contribution is -0.221. The van der Waals surface area contributed by atoms with Crippen molar-refractivity contribution >= 4 is 23.5 Å². The number of amides is 1. The molecule has 27 heavy (non-hydrogen) atoms. The number of nitrogens with zero attached hydrogens (tertiary/aromatic N) is 3. The smallest absolute Gasteiger partial charge is 0.407 e. The lowest BCUT2D eigenvalue weighted by Crippen LogP contribution is -2.54. The number of ketones is 1. The van der Waals surface area contributed by atoms with Crippen molar-refractivity contribution in [2.75, 3.05) is 13.2 Å². The largest absolute Gasteiger partial charge is 0.449 e. The van der Waals surface area contributed by atoms with Gasteiger partial charge in [-0.15, -0.1) is 0 Å². The number of ether oxygens (including phenoxy) is 2. The molecule has 0 bridgehead atoms. The molecule has 0 radical (unpaired) electrons. The summed E-state index contributed by atoms with van der Waals surface area (Å²) in [5.74, 6) is -3.09. The van der Waals surface area contributed by atoms with Crippen LogP contribution in [0.2, 0.25) is 5.02 Å². The minimum absolute atomic E-state index is 0.186. The first-order chi connectivity index (χ1) is 12.7. The van der Waals surface area contributed by atoms with E-state index in [0.29, 0.717) is 11.6 Å². The monoisotopic (exact) mass is 396 g/mol. The van der Waals surface area contributed by atoms with Gasteiger partial charge in [0.05, 0.1) is 5.41 Å². The number of nitrogens with one attached hydrogen (secondary N) is 1. The third kappa shape index (κ3) is 4.95. The minimum Gasteiger partial charge on any atom is -0.449 e. The highest BCUT2D eigenvalue weighted by Gasteiger charge is 2.50. The molecule has 0 saturated heterocycles. The third-order valence-corrected chi connectivity index (χ3v) is 3.85. The van der Waals surface area contributed by atoms with E-state index >= 15 is 0 Å². The molecule has 0 aliphatic heterocycles. The average molecular weight is 397 g/mol. The zero-order chi connectivity index (χ0) is 20.1. The van der Waals surface area contributed by atoms with Crippen molar-refractivity contribution in [2.24, 2.45) is 5.41 Å². The SMILES string of the molecule is CCNC(=O)OCC(C)(C)C(=O)C(O)(Oc1ccc(Cl)cc1)n1cncn1. The van der Waals surface area contributed by atoms with E-state index < -0.39 is 23.2 Å². The predicted octanol–water partition coefficient (Wildman–Crippen LogP) is 1.95. The highest BCUT2D eigenvalue weighted by atomic mass is 35.5. The number of rotatable bonds is 8. The lowest BCUT2D eigenvalue weighted by Gasteiger charge is -2.33. The number of carbonyl (C=O) groups excluding carboxylic acids is 2. The number of carbonyl (C=O) groups is 2. The zero-order valence-corrected chi connectivity index (χ0v) is 15.9. The molecule has 1 atom stereocenters. The van der Waals surface area contributed by atoms with Gasteiger partial charge in [0.25, 0.3) is 0 Å². The molecule has 1 aromatic carbocycles. The fraction of sp³-hybridized carbons (Fsp3) is 0.412. The van der Waals surface area contributed by atoms with Gasteiger partial charge in [0.2, 0.25) is 5.78 Å². The van der Waals surface area contributed by atoms with Crippen LogP contribution in [-0.4, -0.2) is 44.9 Å². The molecule has 10 heteroatoms. The summed E-state index contributed by atoms with van der Waals surface area (Å²) in [7, 11) is 0. The van der Waals surface area contributed by atoms with Gasteiger partial charge in [-0.1, -0.05) is 11.6 Å². The van der Waals surface area contributed by atoms with Crippen molar-refractivity contribution < 1.29 is 24.2 Å². The third-order valence-electron chi connectivity index (χ3n) is 3.60. The summed E-state index contributed by atoms with van der Waals surface area (Å²) in [5.41, 5.74) is -1.29. The number of alkyl carbamates (subject to hydrolysis) is 1. The number of aromatic nitrogens is 3. The van der Waals surface area contributed by atoms with Crippen molar-refractivity contribution in [1.29, 1.82) is 0 Å². The highest BCUT2D eigenvalue weighted by Crippen LogP contribution is 2.30. The molecule has 0 saturated carbocycles. The lowest BCUT2D eigenvalue weighted by atomic mass is 9.86. The van der Waals surface area contributed by atoms with E-state index in [2.05, 4.69) is 15.4 Å². The molecule has 1 unspecified atom stereocenters. The van der Waals surface area contributed by atoms with E-state index in [0.717, 1.165) is 17.3 Å². The summed E-state index contributed by atoms with van der Waals surface area (Å²) in [6, 6.07) is 6.09. The molecule has 9 nitrogen and oxygen atoms in total. The van der Waals surface area contributed by atoms with Crippen molar-refractivity contribution in [3.8, 4) is 5.75 Å². The van der Waals surface area contributed by atoms with Crippen LogP contribution in [0.5, 0.6) is 5.75 Å². The van der Waals surface area contributed by atoms with Crippen LogP contribution in [0, 0.1) is 5.41 Å². The normalized spacial score (nSPS) is 13.5. The summed E-state index contributed by atoms with van der Waals surface area (Å²) in [6.45, 7) is 4.87. The zero-order valence-electron chi connectivity index (χ0n) is 15.2. The molecule has 1 aromatic heterocycles. The van der Waals surface area contributed by atoms with E-state index in [1.807, 2.05) is 0 Å². The maximum atomic E-state index is 13.1. The van der Waals surface area contributed by atoms with Crippen LogP contribution in [-0.2, 0) is 15.4 Å². The predicted molar refractivity (Wildman–Crippen MR) is 96.1 cm³/mol. The first kappa shape index (κ1) is 20.7. The molecule has 0 aliphatic rings. The van der Waals surface area contributed by atoms with Gasteiger partial charge in [0.1, 0.15) is 25.0 Å². The molecule has 1 amide bonds. The Morgan fingerprint density at radius 3 is 2.52 bits per heavy atom. The van der Waals surface area contributed by atoms with Crippen LogP contribution in [0.1, 0.15) is 20.8 Å². The first-order valence-corrected chi connectivity index (χ1v) is 8.54. The van der Waals surface area contributed by atoms with E-state index in [-0.39, 0.29) is 12.4 Å². The molecule has 146 valence electrons. The highest BCUT2D eigenvalue weighted by molar-refractivity contribution is 6.30. The molecule has 0 fully saturated rings. The molecular weight excluding hydrogens is 376 g/mol. The van der Waals surface area contributed by atoms with Crippen LogP contribution in [0.4, 0.5) is 4.79 Å². The van der Waals surface area contributed by atoms with Gasteiger partial charge >= 0.3 is 12.0 Å². The Balaban J connectivity index is 2.28. The Morgan fingerprint density at radius 2 is 1.96 bits per heavy atom. The fourth-order valence-electron chi connectivity index (χ4n) is 2.18. The molecule has 2 N–H and O–H groups in total. The van der Waals surface area contributed by atoms with Gasteiger partial charge in [-0.3, -0.25) is 4.79 Å². The first-order valence-electron chi connectivity index (χ1n) is 8.16. The number of aliphatic hydroxyl groups is 1. The summed E-state index contributed by atoms with van der Waals surface area (Å²) >= 11 is 5.85. The van der Waals surface area contributed by atoms with Crippen LogP contribution < -0.4 is 10.1 Å². The number of benzene rings is 1. The summed E-state index contributed by atoms with van der Waals surface area (Å²) in [5, 5.41) is 17.8. The fourth-order valence-corrected chi connectivity index (χ4v) is 2.30. The van der Waals surface area contributed by atoms with Gasteiger partial charge in [-0.25, -0.2) is 9.78 Å². The van der Waals surface area contributed by atoms with E-state index in [4.69, 9.17) is 21.1 Å². The number of hydrogen-bond acceptors (Lipinski definition) is 7. The van der Waals surface area contributed by atoms with E-state index in [1.165, 1.54) is 26.0 Å². The quantitative estimate of drug-likeness (QED) is 0.655. The summed E-state index contributed by atoms with van der Waals surface area (Å²) < 4.78 is 11.5. The Labute approximate surface area is 161 Å². The molecule has 2 aromatic rings. The van der Waals surface area contributed by atoms with Gasteiger partial charge in [-0.05, 0) is 45.0 Å². The van der Waals surface area contributed by atoms with Crippen LogP contribution in [0.25, 0.3) is 0 Å². The Morgan fingerprint density at radius 1 is 1.30 bits per heavy atom. The standard InChI is InChI=1S/C17H21ClN4O5/c1-4-20-15(24)26-9-16(2,3)14(23)17(25,22-11-19-10-21-22)27-13-7-5-12(18)6-8-13/h5-8,10-11,25H,4,9H2,1-3H3,(H,20,24). The van der Waals surface area contributed by atoms with Gasteiger partial charge in [0, 0.05) is 11.6 Å². The van der Waals surface area contributed by atoms with E-state index in [1.54, 1.807) is 19.1 Å². The second-order valence-corrected chi connectivity index (χ2v) is 6.76. The Hall–Kier alpha value is -2.65. The van der Waals surface area contributed by atoms with Crippen molar-refractivity contribution in [3.63, 3.8) is 0 Å². The number of hydrogen-bond donors (Lipinski definition) is 2. The number of Topliss-reactive ketones (excluding diaryl/α,β-unsaturated/α-hetero) is 1. The van der Waals surface area contributed by atoms with Gasteiger partial charge < -0.3 is 19.9 Å². The van der Waals surface area contributed by atoms with Crippen molar-refractivity contribution in [2.45, 2.75) is 26.7 Å². The molecular formula is C17H21ClN4O5.